The average Bonchev–Trinajstić information content (AvgIpc) is 2.47. The molecule has 2 aromatic rings. The van der Waals surface area contributed by atoms with Crippen molar-refractivity contribution in [2.45, 2.75) is 12.8 Å². The normalized spacial score (nSPS) is 12.2. The third kappa shape index (κ3) is 1.21. The van der Waals surface area contributed by atoms with Crippen molar-refractivity contribution in [2.75, 3.05) is 0 Å². The number of aromatic hydroxyl groups is 1. The van der Waals surface area contributed by atoms with Crippen LogP contribution >= 0.6 is 0 Å². The fourth-order valence-electron chi connectivity index (χ4n) is 1.37. The molecule has 0 spiro atoms. The number of H-pyrrole nitrogens is 1. The van der Waals surface area contributed by atoms with Gasteiger partial charge in [-0.2, -0.15) is 13.9 Å². The molecule has 74 valence electrons. The van der Waals surface area contributed by atoms with Crippen LogP contribution in [0.4, 0.5) is 8.78 Å². The Kier molecular flexibility index (Phi) is 1.70. The molecule has 1 aromatic carbocycles. The van der Waals surface area contributed by atoms with E-state index in [9.17, 15) is 13.9 Å². The number of alkyl halides is 2. The maximum absolute atomic E-state index is 13.0. The lowest BCUT2D eigenvalue weighted by Gasteiger charge is -2.07. The van der Waals surface area contributed by atoms with Gasteiger partial charge in [-0.3, -0.25) is 5.10 Å². The van der Waals surface area contributed by atoms with Gasteiger partial charge in [0.05, 0.1) is 10.9 Å². The highest BCUT2D eigenvalue weighted by Crippen LogP contribution is 2.35. The number of nitrogens with zero attached hydrogens (tertiary/aromatic N) is 1. The summed E-state index contributed by atoms with van der Waals surface area (Å²) in [4.78, 5) is 0. The summed E-state index contributed by atoms with van der Waals surface area (Å²) in [7, 11) is 0. The number of phenols is 1. The molecule has 14 heavy (non-hydrogen) atoms. The van der Waals surface area contributed by atoms with Crippen LogP contribution in [0.1, 0.15) is 12.6 Å². The number of phenolic OH excluding ortho intramolecular Hbond substituents is 1. The molecule has 2 N–H and O–H groups in total. The zero-order valence-corrected chi connectivity index (χ0v) is 7.38. The summed E-state index contributed by atoms with van der Waals surface area (Å²) in [6, 6.07) is 4.46. The fraction of sp³-hybridized carbons (Fsp3) is 0.222. The van der Waals surface area contributed by atoms with Crippen LogP contribution in [0.25, 0.3) is 10.9 Å². The molecule has 0 amide bonds. The highest BCUT2D eigenvalue weighted by atomic mass is 19.3. The molecule has 0 aliphatic heterocycles. The van der Waals surface area contributed by atoms with Gasteiger partial charge in [-0.15, -0.1) is 0 Å². The zero-order chi connectivity index (χ0) is 10.3. The Hall–Kier alpha value is -1.65. The molecule has 0 atom stereocenters. The van der Waals surface area contributed by atoms with E-state index < -0.39 is 5.92 Å². The molecule has 5 heteroatoms. The van der Waals surface area contributed by atoms with Crippen LogP contribution in [0.3, 0.4) is 0 Å². The van der Waals surface area contributed by atoms with E-state index in [1.165, 1.54) is 6.07 Å². The monoisotopic (exact) mass is 198 g/mol. The standard InChI is InChI=1S/C9H8F2N2O/c1-9(10,11)8-7-5(12-13-8)3-2-4-6(7)14/h2-4,14H,1H3,(H,12,13). The van der Waals surface area contributed by atoms with E-state index in [4.69, 9.17) is 0 Å². The molecule has 0 fully saturated rings. The minimum atomic E-state index is -3.03. The van der Waals surface area contributed by atoms with E-state index in [1.807, 2.05) is 0 Å². The molecule has 0 saturated heterocycles. The Morgan fingerprint density at radius 1 is 1.43 bits per heavy atom. The first-order valence-corrected chi connectivity index (χ1v) is 4.04. The number of rotatable bonds is 1. The number of fused-ring (bicyclic) bond motifs is 1. The first kappa shape index (κ1) is 8.93. The molecule has 0 unspecified atom stereocenters. The molecule has 3 nitrogen and oxygen atoms in total. The van der Waals surface area contributed by atoms with Gasteiger partial charge in [0, 0.05) is 6.92 Å². The predicted octanol–water partition coefficient (Wildman–Crippen LogP) is 2.38. The first-order chi connectivity index (χ1) is 6.50. The summed E-state index contributed by atoms with van der Waals surface area (Å²) in [5.41, 5.74) is -0.0212. The van der Waals surface area contributed by atoms with Gasteiger partial charge in [-0.1, -0.05) is 6.07 Å². The largest absolute Gasteiger partial charge is 0.507 e. The lowest BCUT2D eigenvalue weighted by molar-refractivity contribution is 0.0141. The zero-order valence-electron chi connectivity index (χ0n) is 7.38. The Morgan fingerprint density at radius 2 is 2.14 bits per heavy atom. The van der Waals surface area contributed by atoms with Crippen LogP contribution in [0, 0.1) is 0 Å². The van der Waals surface area contributed by atoms with E-state index >= 15 is 0 Å². The van der Waals surface area contributed by atoms with Crippen molar-refractivity contribution in [1.82, 2.24) is 10.2 Å². The maximum atomic E-state index is 13.0. The maximum Gasteiger partial charge on any atom is 0.287 e. The number of benzene rings is 1. The smallest absolute Gasteiger partial charge is 0.287 e. The number of nitrogens with one attached hydrogen (secondary N) is 1. The Morgan fingerprint density at radius 3 is 2.79 bits per heavy atom. The van der Waals surface area contributed by atoms with E-state index in [2.05, 4.69) is 10.2 Å². The Labute approximate surface area is 78.4 Å². The summed E-state index contributed by atoms with van der Waals surface area (Å²) in [6.45, 7) is 0.756. The van der Waals surface area contributed by atoms with Crippen LogP contribution in [0.5, 0.6) is 5.75 Å². The quantitative estimate of drug-likeness (QED) is 0.739. The van der Waals surface area contributed by atoms with Gasteiger partial charge < -0.3 is 5.11 Å². The number of aromatic amines is 1. The van der Waals surface area contributed by atoms with Crippen molar-refractivity contribution in [3.8, 4) is 5.75 Å². The molecule has 0 aliphatic rings. The molecule has 0 aliphatic carbocycles. The molecule has 1 aromatic heterocycles. The first-order valence-electron chi connectivity index (χ1n) is 4.04. The summed E-state index contributed by atoms with van der Waals surface area (Å²) in [6.07, 6.45) is 0. The lowest BCUT2D eigenvalue weighted by Crippen LogP contribution is -2.07. The molecule has 1 heterocycles. The molecular formula is C9H8F2N2O. The second-order valence-electron chi connectivity index (χ2n) is 3.16. The highest BCUT2D eigenvalue weighted by molar-refractivity contribution is 5.87. The second kappa shape index (κ2) is 2.67. The van der Waals surface area contributed by atoms with E-state index in [-0.39, 0.29) is 16.8 Å². The third-order valence-corrected chi connectivity index (χ3v) is 2.00. The summed E-state index contributed by atoms with van der Waals surface area (Å²) < 4.78 is 26.0. The summed E-state index contributed by atoms with van der Waals surface area (Å²) in [5.74, 6) is -3.22. The van der Waals surface area contributed by atoms with E-state index in [1.54, 1.807) is 12.1 Å². The minimum absolute atomic E-state index is 0.0833. The van der Waals surface area contributed by atoms with E-state index in [0.717, 1.165) is 6.92 Å². The van der Waals surface area contributed by atoms with Crippen LogP contribution in [-0.2, 0) is 5.92 Å². The Bertz CT molecular complexity index is 473. The second-order valence-corrected chi connectivity index (χ2v) is 3.16. The molecule has 0 bridgehead atoms. The number of hydrogen-bond acceptors (Lipinski definition) is 2. The van der Waals surface area contributed by atoms with Crippen LogP contribution in [0.15, 0.2) is 18.2 Å². The van der Waals surface area contributed by atoms with E-state index in [0.29, 0.717) is 5.52 Å². The highest BCUT2D eigenvalue weighted by Gasteiger charge is 2.30. The number of halogens is 2. The predicted molar refractivity (Wildman–Crippen MR) is 47.3 cm³/mol. The average molecular weight is 198 g/mol. The molecular weight excluding hydrogens is 190 g/mol. The SMILES string of the molecule is CC(F)(F)c1[nH]nc2cccc(O)c12. The van der Waals surface area contributed by atoms with Crippen LogP contribution < -0.4 is 0 Å². The van der Waals surface area contributed by atoms with Crippen molar-refractivity contribution >= 4 is 10.9 Å². The van der Waals surface area contributed by atoms with Gasteiger partial charge in [0.25, 0.3) is 5.92 Å². The van der Waals surface area contributed by atoms with Crippen molar-refractivity contribution in [3.63, 3.8) is 0 Å². The van der Waals surface area contributed by atoms with Crippen molar-refractivity contribution in [1.29, 1.82) is 0 Å². The van der Waals surface area contributed by atoms with Gasteiger partial charge in [-0.25, -0.2) is 0 Å². The molecule has 0 radical (unpaired) electrons. The van der Waals surface area contributed by atoms with Crippen LogP contribution in [0.2, 0.25) is 0 Å². The number of hydrogen-bond donors (Lipinski definition) is 2. The summed E-state index contributed by atoms with van der Waals surface area (Å²) >= 11 is 0. The lowest BCUT2D eigenvalue weighted by atomic mass is 10.1. The van der Waals surface area contributed by atoms with Gasteiger partial charge in [0.2, 0.25) is 0 Å². The van der Waals surface area contributed by atoms with Gasteiger partial charge in [0.15, 0.2) is 0 Å². The topological polar surface area (TPSA) is 48.9 Å². The van der Waals surface area contributed by atoms with Crippen molar-refractivity contribution in [2.24, 2.45) is 0 Å². The third-order valence-electron chi connectivity index (χ3n) is 2.00. The summed E-state index contributed by atoms with van der Waals surface area (Å²) in [5, 5.41) is 15.4. The van der Waals surface area contributed by atoms with Crippen LogP contribution in [-0.4, -0.2) is 15.3 Å². The van der Waals surface area contributed by atoms with Gasteiger partial charge >= 0.3 is 0 Å². The molecule has 0 saturated carbocycles. The molecule has 2 rings (SSSR count). The Balaban J connectivity index is 2.80. The van der Waals surface area contributed by atoms with Gasteiger partial charge in [-0.05, 0) is 12.1 Å². The minimum Gasteiger partial charge on any atom is -0.507 e. The van der Waals surface area contributed by atoms with Crippen molar-refractivity contribution in [3.05, 3.63) is 23.9 Å². The fourth-order valence-corrected chi connectivity index (χ4v) is 1.37. The van der Waals surface area contributed by atoms with Gasteiger partial charge in [0.1, 0.15) is 11.4 Å². The van der Waals surface area contributed by atoms with Crippen molar-refractivity contribution < 1.29 is 13.9 Å². The number of aromatic nitrogens is 2.